The molecule has 0 saturated heterocycles. The van der Waals surface area contributed by atoms with E-state index in [-0.39, 0.29) is 23.0 Å². The molecule has 0 fully saturated rings. The van der Waals surface area contributed by atoms with E-state index < -0.39 is 23.7 Å². The van der Waals surface area contributed by atoms with E-state index in [0.717, 1.165) is 11.8 Å². The number of H-pyrrole nitrogens is 1. The van der Waals surface area contributed by atoms with Crippen LogP contribution < -0.4 is 5.32 Å². The fourth-order valence-corrected chi connectivity index (χ4v) is 2.90. The molecule has 1 amide bonds. The molecule has 0 spiro atoms. The number of nitrogens with zero attached hydrogens (tertiary/aromatic N) is 1. The number of rotatable bonds is 6. The number of imidazole rings is 1. The molecule has 0 aliphatic carbocycles. The zero-order valence-electron chi connectivity index (χ0n) is 14.6. The number of benzene rings is 1. The van der Waals surface area contributed by atoms with Crippen LogP contribution in [0.5, 0.6) is 0 Å². The first-order valence-corrected chi connectivity index (χ1v) is 8.95. The summed E-state index contributed by atoms with van der Waals surface area (Å²) < 4.78 is 43.0. The highest BCUT2D eigenvalue weighted by Gasteiger charge is 2.55. The normalized spacial score (nSPS) is 13.7. The van der Waals surface area contributed by atoms with E-state index in [1.165, 1.54) is 24.4 Å². The van der Waals surface area contributed by atoms with Crippen LogP contribution in [0.2, 0.25) is 5.02 Å². The highest BCUT2D eigenvalue weighted by Crippen LogP contribution is 2.34. The summed E-state index contributed by atoms with van der Waals surface area (Å²) in [6, 6.07) is 4.14. The number of anilines is 1. The number of aromatic nitrogens is 2. The Kier molecular flexibility index (Phi) is 6.63. The molecule has 0 aliphatic rings. The Hall–Kier alpha value is -2.24. The van der Waals surface area contributed by atoms with Crippen molar-refractivity contribution in [1.82, 2.24) is 9.97 Å². The lowest BCUT2D eigenvalue weighted by Gasteiger charge is -2.25. The average Bonchev–Trinajstić information content (AvgIpc) is 3.05. The zero-order valence-corrected chi connectivity index (χ0v) is 16.1. The number of carbonyl (C=O) groups is 2. The summed E-state index contributed by atoms with van der Waals surface area (Å²) in [6.07, 6.45) is -3.77. The van der Waals surface area contributed by atoms with Crippen molar-refractivity contribution in [2.45, 2.75) is 35.7 Å². The summed E-state index contributed by atoms with van der Waals surface area (Å²) in [5, 5.41) is 11.6. The number of amides is 1. The third-order valence-corrected chi connectivity index (χ3v) is 4.64. The van der Waals surface area contributed by atoms with E-state index in [2.05, 4.69) is 9.97 Å². The number of ether oxygens (including phenoxy) is 1. The fraction of sp³-hybridized carbons (Fsp3) is 0.312. The maximum absolute atomic E-state index is 12.7. The molecule has 1 aromatic carbocycles. The van der Waals surface area contributed by atoms with Crippen molar-refractivity contribution in [1.29, 1.82) is 0 Å². The number of aromatic amines is 1. The molecule has 0 aliphatic heterocycles. The maximum atomic E-state index is 12.7. The predicted molar refractivity (Wildman–Crippen MR) is 95.4 cm³/mol. The minimum atomic E-state index is -5.14. The number of halogens is 4. The smallest absolute Gasteiger partial charge is 0.426 e. The maximum Gasteiger partial charge on any atom is 0.426 e. The fourth-order valence-electron chi connectivity index (χ4n) is 1.81. The lowest BCUT2D eigenvalue weighted by atomic mass is 10.1. The van der Waals surface area contributed by atoms with Crippen LogP contribution in [0.15, 0.2) is 34.4 Å². The SMILES string of the molecule is CCOC(=O)c1c[nH]c(Sc2ccc(NC(=O)[C@@](C)(O)C(F)(F)F)c(Cl)c2)n1. The van der Waals surface area contributed by atoms with Crippen molar-refractivity contribution in [2.24, 2.45) is 0 Å². The Balaban J connectivity index is 2.10. The molecule has 12 heteroatoms. The largest absolute Gasteiger partial charge is 0.461 e. The topological polar surface area (TPSA) is 104 Å². The van der Waals surface area contributed by atoms with Crippen LogP contribution in [0.3, 0.4) is 0 Å². The van der Waals surface area contributed by atoms with Gasteiger partial charge in [-0.15, -0.1) is 0 Å². The molecule has 1 atom stereocenters. The molecule has 0 saturated carbocycles. The minimum Gasteiger partial charge on any atom is -0.461 e. The highest BCUT2D eigenvalue weighted by molar-refractivity contribution is 7.99. The van der Waals surface area contributed by atoms with Gasteiger partial charge in [-0.3, -0.25) is 4.79 Å². The van der Waals surface area contributed by atoms with E-state index in [4.69, 9.17) is 16.3 Å². The monoisotopic (exact) mass is 437 g/mol. The van der Waals surface area contributed by atoms with E-state index in [1.54, 1.807) is 6.92 Å². The Morgan fingerprint density at radius 3 is 2.64 bits per heavy atom. The number of aliphatic hydroxyl groups is 1. The third kappa shape index (κ3) is 4.97. The lowest BCUT2D eigenvalue weighted by Crippen LogP contribution is -2.52. The molecule has 2 rings (SSSR count). The zero-order chi connectivity index (χ0) is 21.1. The van der Waals surface area contributed by atoms with E-state index in [1.807, 2.05) is 5.32 Å². The summed E-state index contributed by atoms with van der Waals surface area (Å²) in [5.74, 6) is -2.24. The van der Waals surface area contributed by atoms with Gasteiger partial charge in [-0.2, -0.15) is 13.2 Å². The van der Waals surface area contributed by atoms with Gasteiger partial charge < -0.3 is 20.1 Å². The molecule has 3 N–H and O–H groups in total. The molecule has 28 heavy (non-hydrogen) atoms. The van der Waals surface area contributed by atoms with Crippen LogP contribution >= 0.6 is 23.4 Å². The van der Waals surface area contributed by atoms with Crippen molar-refractivity contribution >= 4 is 40.9 Å². The first kappa shape index (κ1) is 22.1. The molecule has 7 nitrogen and oxygen atoms in total. The summed E-state index contributed by atoms with van der Waals surface area (Å²) in [5.41, 5.74) is -3.58. The predicted octanol–water partition coefficient (Wildman–Crippen LogP) is 3.64. The summed E-state index contributed by atoms with van der Waals surface area (Å²) in [6.45, 7) is 2.22. The molecular formula is C16H15ClF3N3O4S. The Bertz CT molecular complexity index is 886. The number of alkyl halides is 3. The van der Waals surface area contributed by atoms with Crippen LogP contribution in [-0.2, 0) is 9.53 Å². The van der Waals surface area contributed by atoms with E-state index in [0.29, 0.717) is 17.0 Å². The Morgan fingerprint density at radius 2 is 2.07 bits per heavy atom. The second-order valence-electron chi connectivity index (χ2n) is 5.58. The molecule has 1 heterocycles. The number of nitrogens with one attached hydrogen (secondary N) is 2. The standard InChI is InChI=1S/C16H15ClF3N3O4S/c1-3-27-12(24)11-7-21-14(23-11)28-8-4-5-10(9(17)6-8)22-13(25)15(2,26)16(18,19)20/h4-7,26H,3H2,1-2H3,(H,21,23)(H,22,25)/t15-/m1/s1. The van der Waals surface area contributed by atoms with Crippen LogP contribution in [0.1, 0.15) is 24.3 Å². The summed E-state index contributed by atoms with van der Waals surface area (Å²) in [4.78, 5) is 30.7. The minimum absolute atomic E-state index is 0.0477. The van der Waals surface area contributed by atoms with Gasteiger partial charge in [-0.1, -0.05) is 23.4 Å². The first-order chi connectivity index (χ1) is 13.0. The van der Waals surface area contributed by atoms with Crippen LogP contribution in [0.25, 0.3) is 0 Å². The van der Waals surface area contributed by atoms with Crippen molar-refractivity contribution in [2.75, 3.05) is 11.9 Å². The quantitative estimate of drug-likeness (QED) is 0.596. The van der Waals surface area contributed by atoms with Crippen molar-refractivity contribution in [3.05, 3.63) is 35.1 Å². The Morgan fingerprint density at radius 1 is 1.39 bits per heavy atom. The second-order valence-corrected chi connectivity index (χ2v) is 7.05. The Labute approximate surface area is 166 Å². The number of carbonyl (C=O) groups excluding carboxylic acids is 2. The average molecular weight is 438 g/mol. The summed E-state index contributed by atoms with van der Waals surface area (Å²) in [7, 11) is 0. The third-order valence-electron chi connectivity index (χ3n) is 3.44. The van der Waals surface area contributed by atoms with Crippen LogP contribution in [-0.4, -0.2) is 45.3 Å². The molecule has 0 radical (unpaired) electrons. The lowest BCUT2D eigenvalue weighted by molar-refractivity contribution is -0.242. The van der Waals surface area contributed by atoms with E-state index >= 15 is 0 Å². The number of hydrogen-bond donors (Lipinski definition) is 3. The van der Waals surface area contributed by atoms with Gasteiger partial charge in [0.2, 0.25) is 5.60 Å². The summed E-state index contributed by atoms with van der Waals surface area (Å²) >= 11 is 7.10. The van der Waals surface area contributed by atoms with Gasteiger partial charge in [0, 0.05) is 11.1 Å². The van der Waals surface area contributed by atoms with Crippen molar-refractivity contribution < 1.29 is 32.6 Å². The van der Waals surface area contributed by atoms with Gasteiger partial charge in [0.1, 0.15) is 0 Å². The molecule has 152 valence electrons. The van der Waals surface area contributed by atoms with Gasteiger partial charge >= 0.3 is 12.1 Å². The molecular weight excluding hydrogens is 423 g/mol. The molecule has 2 aromatic rings. The van der Waals surface area contributed by atoms with Gasteiger partial charge in [-0.05, 0) is 32.0 Å². The highest BCUT2D eigenvalue weighted by atomic mass is 35.5. The van der Waals surface area contributed by atoms with E-state index in [9.17, 15) is 27.9 Å². The van der Waals surface area contributed by atoms with Gasteiger partial charge in [0.25, 0.3) is 5.91 Å². The number of hydrogen-bond acceptors (Lipinski definition) is 6. The van der Waals surface area contributed by atoms with Gasteiger partial charge in [0.15, 0.2) is 10.9 Å². The molecule has 0 unspecified atom stereocenters. The van der Waals surface area contributed by atoms with Crippen LogP contribution in [0.4, 0.5) is 18.9 Å². The van der Waals surface area contributed by atoms with Gasteiger partial charge in [0.05, 0.1) is 17.3 Å². The first-order valence-electron chi connectivity index (χ1n) is 7.76. The second kappa shape index (κ2) is 8.41. The van der Waals surface area contributed by atoms with Crippen molar-refractivity contribution in [3.63, 3.8) is 0 Å². The van der Waals surface area contributed by atoms with Gasteiger partial charge in [-0.25, -0.2) is 9.78 Å². The molecule has 0 bridgehead atoms. The van der Waals surface area contributed by atoms with Crippen molar-refractivity contribution in [3.8, 4) is 0 Å². The van der Waals surface area contributed by atoms with Crippen LogP contribution in [0, 0.1) is 0 Å². The molecule has 1 aromatic heterocycles. The number of esters is 1.